The zero-order chi connectivity index (χ0) is 24.8. The topological polar surface area (TPSA) is 92.7 Å². The number of carbonyl (C=O) groups is 3. The summed E-state index contributed by atoms with van der Waals surface area (Å²) in [6, 6.07) is 8.95. The largest absolute Gasteiger partial charge is 0.462 e. The highest BCUT2D eigenvalue weighted by molar-refractivity contribution is 6.30. The number of halogens is 1. The lowest BCUT2D eigenvalue weighted by atomic mass is 10.0. The normalized spacial score (nSPS) is 16.8. The molecule has 1 aliphatic rings. The Morgan fingerprint density at radius 1 is 1.15 bits per heavy atom. The van der Waals surface area contributed by atoms with Gasteiger partial charge in [-0.2, -0.15) is 0 Å². The van der Waals surface area contributed by atoms with Crippen molar-refractivity contribution in [3.05, 3.63) is 58.7 Å². The Labute approximate surface area is 205 Å². The second-order valence-electron chi connectivity index (χ2n) is 8.32. The van der Waals surface area contributed by atoms with E-state index in [0.717, 1.165) is 12.0 Å². The Kier molecular flexibility index (Phi) is 8.61. The molecule has 3 rings (SSSR count). The molecule has 1 fully saturated rings. The molecule has 0 saturated carbocycles. The second-order valence-corrected chi connectivity index (χ2v) is 8.75. The molecular formula is C25H31ClN4O4. The van der Waals surface area contributed by atoms with E-state index in [4.69, 9.17) is 16.3 Å². The number of carbonyl (C=O) groups excluding carboxylic acids is 3. The molecule has 2 aromatic rings. The van der Waals surface area contributed by atoms with E-state index in [-0.39, 0.29) is 35.7 Å². The van der Waals surface area contributed by atoms with E-state index in [1.807, 2.05) is 44.2 Å². The van der Waals surface area contributed by atoms with Crippen LogP contribution in [0, 0.1) is 6.92 Å². The van der Waals surface area contributed by atoms with Gasteiger partial charge in [-0.3, -0.25) is 9.59 Å². The monoisotopic (exact) mass is 486 g/mol. The maximum Gasteiger partial charge on any atom is 0.342 e. The van der Waals surface area contributed by atoms with Gasteiger partial charge in [0.15, 0.2) is 0 Å². The number of amides is 2. The van der Waals surface area contributed by atoms with Gasteiger partial charge in [-0.25, -0.2) is 14.8 Å². The second kappa shape index (κ2) is 11.4. The van der Waals surface area contributed by atoms with Crippen LogP contribution in [0.25, 0.3) is 0 Å². The Hall–Kier alpha value is -3.00. The molecule has 9 heteroatoms. The summed E-state index contributed by atoms with van der Waals surface area (Å²) in [6.07, 6.45) is 1.29. The number of aryl methyl sites for hydroxylation is 2. The summed E-state index contributed by atoms with van der Waals surface area (Å²) in [6.45, 7) is 8.41. The summed E-state index contributed by atoms with van der Waals surface area (Å²) < 4.78 is 5.21. The van der Waals surface area contributed by atoms with Crippen LogP contribution in [0.5, 0.6) is 0 Å². The molecule has 1 aromatic carbocycles. The fraction of sp³-hybridized carbons (Fsp3) is 0.480. The van der Waals surface area contributed by atoms with Gasteiger partial charge in [0.25, 0.3) is 5.91 Å². The van der Waals surface area contributed by atoms with Crippen LogP contribution in [0.15, 0.2) is 30.3 Å². The summed E-state index contributed by atoms with van der Waals surface area (Å²) in [5, 5.41) is -0.789. The molecule has 0 spiro atoms. The van der Waals surface area contributed by atoms with Gasteiger partial charge in [0.05, 0.1) is 12.3 Å². The van der Waals surface area contributed by atoms with E-state index in [1.54, 1.807) is 23.6 Å². The van der Waals surface area contributed by atoms with Gasteiger partial charge in [0, 0.05) is 25.7 Å². The van der Waals surface area contributed by atoms with Crippen LogP contribution in [0.1, 0.15) is 70.5 Å². The minimum Gasteiger partial charge on any atom is -0.462 e. The zero-order valence-corrected chi connectivity index (χ0v) is 20.8. The van der Waals surface area contributed by atoms with Gasteiger partial charge in [0.2, 0.25) is 5.91 Å². The molecule has 0 N–H and O–H groups in total. The van der Waals surface area contributed by atoms with E-state index in [2.05, 4.69) is 9.97 Å². The lowest BCUT2D eigenvalue weighted by Crippen LogP contribution is -2.56. The van der Waals surface area contributed by atoms with E-state index in [0.29, 0.717) is 37.6 Å². The van der Waals surface area contributed by atoms with Crippen molar-refractivity contribution in [1.82, 2.24) is 19.8 Å². The maximum atomic E-state index is 13.5. The van der Waals surface area contributed by atoms with Crippen LogP contribution in [0.3, 0.4) is 0 Å². The van der Waals surface area contributed by atoms with Gasteiger partial charge < -0.3 is 14.5 Å². The van der Waals surface area contributed by atoms with Crippen molar-refractivity contribution in [2.24, 2.45) is 0 Å². The number of nitrogens with zero attached hydrogens (tertiary/aromatic N) is 4. The predicted octanol–water partition coefficient (Wildman–Crippen LogP) is 3.57. The smallest absolute Gasteiger partial charge is 0.342 e. The number of alkyl halides is 1. The number of hydrogen-bond donors (Lipinski definition) is 0. The molecule has 2 atom stereocenters. The van der Waals surface area contributed by atoms with Crippen molar-refractivity contribution in [2.75, 3.05) is 26.2 Å². The van der Waals surface area contributed by atoms with Gasteiger partial charge in [-0.15, -0.1) is 11.6 Å². The molecule has 8 nitrogen and oxygen atoms in total. The minimum absolute atomic E-state index is 0.0564. The van der Waals surface area contributed by atoms with Crippen LogP contribution in [0.2, 0.25) is 0 Å². The number of benzene rings is 1. The van der Waals surface area contributed by atoms with E-state index < -0.39 is 11.3 Å². The standard InChI is InChI=1S/C25H31ClN4O4/c1-5-10-19-20(25(33)34-6-2)22(28-17(4)27-19)24(32)29-13-14-30(16(3)15-29)23(31)21(26)18-11-8-7-9-12-18/h7-9,11-12,16,21H,5-6,10,13-15H2,1-4H3. The van der Waals surface area contributed by atoms with Crippen molar-refractivity contribution in [3.8, 4) is 0 Å². The van der Waals surface area contributed by atoms with E-state index in [1.165, 1.54) is 0 Å². The third-order valence-electron chi connectivity index (χ3n) is 5.77. The summed E-state index contributed by atoms with van der Waals surface area (Å²) >= 11 is 6.46. The van der Waals surface area contributed by atoms with Crippen LogP contribution in [-0.2, 0) is 16.0 Å². The van der Waals surface area contributed by atoms with Gasteiger partial charge in [0.1, 0.15) is 22.5 Å². The Bertz CT molecular complexity index is 1050. The number of hydrogen-bond acceptors (Lipinski definition) is 6. The van der Waals surface area contributed by atoms with Crippen molar-refractivity contribution in [1.29, 1.82) is 0 Å². The third-order valence-corrected chi connectivity index (χ3v) is 6.21. The molecule has 2 amide bonds. The summed E-state index contributed by atoms with van der Waals surface area (Å²) in [5.41, 5.74) is 1.45. The minimum atomic E-state index is -0.789. The number of piperazine rings is 1. The van der Waals surface area contributed by atoms with E-state index >= 15 is 0 Å². The van der Waals surface area contributed by atoms with Crippen LogP contribution in [0.4, 0.5) is 0 Å². The van der Waals surface area contributed by atoms with Crippen molar-refractivity contribution < 1.29 is 19.1 Å². The number of rotatable bonds is 7. The number of esters is 1. The molecule has 1 aromatic heterocycles. The fourth-order valence-electron chi connectivity index (χ4n) is 4.15. The Balaban J connectivity index is 1.82. The summed E-state index contributed by atoms with van der Waals surface area (Å²) in [7, 11) is 0. The average Bonchev–Trinajstić information content (AvgIpc) is 2.83. The van der Waals surface area contributed by atoms with Gasteiger partial charge >= 0.3 is 5.97 Å². The Morgan fingerprint density at radius 2 is 1.85 bits per heavy atom. The molecule has 1 aliphatic heterocycles. The van der Waals surface area contributed by atoms with Crippen molar-refractivity contribution in [2.45, 2.75) is 52.0 Å². The quantitative estimate of drug-likeness (QED) is 0.439. The lowest BCUT2D eigenvalue weighted by molar-refractivity contribution is -0.135. The van der Waals surface area contributed by atoms with Gasteiger partial charge in [-0.1, -0.05) is 43.7 Å². The molecule has 1 saturated heterocycles. The van der Waals surface area contributed by atoms with Crippen LogP contribution < -0.4 is 0 Å². The molecule has 2 heterocycles. The number of ether oxygens (including phenoxy) is 1. The molecular weight excluding hydrogens is 456 g/mol. The molecule has 2 unspecified atom stereocenters. The van der Waals surface area contributed by atoms with Crippen molar-refractivity contribution in [3.63, 3.8) is 0 Å². The highest BCUT2D eigenvalue weighted by Crippen LogP contribution is 2.26. The van der Waals surface area contributed by atoms with Gasteiger partial charge in [-0.05, 0) is 32.8 Å². The molecule has 0 aliphatic carbocycles. The third kappa shape index (κ3) is 5.55. The molecule has 0 radical (unpaired) electrons. The lowest BCUT2D eigenvalue weighted by Gasteiger charge is -2.40. The van der Waals surface area contributed by atoms with E-state index in [9.17, 15) is 14.4 Å². The average molecular weight is 487 g/mol. The first-order chi connectivity index (χ1) is 16.3. The highest BCUT2D eigenvalue weighted by Gasteiger charge is 2.35. The highest BCUT2D eigenvalue weighted by atomic mass is 35.5. The first-order valence-corrected chi connectivity index (χ1v) is 12.0. The number of aromatic nitrogens is 2. The fourth-order valence-corrected chi connectivity index (χ4v) is 4.42. The maximum absolute atomic E-state index is 13.5. The first-order valence-electron chi connectivity index (χ1n) is 11.6. The summed E-state index contributed by atoms with van der Waals surface area (Å²) in [4.78, 5) is 51.4. The Morgan fingerprint density at radius 3 is 2.47 bits per heavy atom. The molecule has 182 valence electrons. The van der Waals surface area contributed by atoms with Crippen molar-refractivity contribution >= 4 is 29.4 Å². The summed E-state index contributed by atoms with van der Waals surface area (Å²) in [5.74, 6) is -0.725. The predicted molar refractivity (Wildman–Crippen MR) is 129 cm³/mol. The molecule has 34 heavy (non-hydrogen) atoms. The zero-order valence-electron chi connectivity index (χ0n) is 20.1. The van der Waals surface area contributed by atoms with Crippen LogP contribution >= 0.6 is 11.6 Å². The van der Waals surface area contributed by atoms with Crippen LogP contribution in [-0.4, -0.2) is 69.8 Å². The SMILES string of the molecule is CCCc1nc(C)nc(C(=O)N2CCN(C(=O)C(Cl)c3ccccc3)C(C)C2)c1C(=O)OCC. The molecule has 0 bridgehead atoms. The first kappa shape index (κ1) is 25.6.